The van der Waals surface area contributed by atoms with E-state index in [0.29, 0.717) is 13.1 Å². The summed E-state index contributed by atoms with van der Waals surface area (Å²) in [5, 5.41) is 13.4. The molecule has 0 spiro atoms. The van der Waals surface area contributed by atoms with Gasteiger partial charge in [-0.25, -0.2) is 0 Å². The molecule has 1 fully saturated rings. The average Bonchev–Trinajstić information content (AvgIpc) is 3.14. The molecule has 0 saturated carbocycles. The molecule has 46 heavy (non-hydrogen) atoms. The Balaban J connectivity index is 0.000000220. The van der Waals surface area contributed by atoms with E-state index in [0.717, 1.165) is 34.2 Å². The van der Waals surface area contributed by atoms with E-state index in [1.807, 2.05) is 122 Å². The number of rotatable bonds is 8. The molecule has 6 aromatic heterocycles. The second-order valence-electron chi connectivity index (χ2n) is 10.4. The summed E-state index contributed by atoms with van der Waals surface area (Å²) in [5.41, 5.74) is 5.65. The van der Waals surface area contributed by atoms with Crippen LogP contribution in [0.4, 0.5) is 0 Å². The van der Waals surface area contributed by atoms with E-state index < -0.39 is 0 Å². The van der Waals surface area contributed by atoms with Gasteiger partial charge in [-0.3, -0.25) is 29.9 Å². The molecule has 6 aromatic rings. The maximum atomic E-state index is 5.27. The molecule has 226 valence electrons. The first-order valence-corrected chi connectivity index (χ1v) is 14.9. The van der Waals surface area contributed by atoms with Crippen molar-refractivity contribution in [3.63, 3.8) is 0 Å². The van der Waals surface area contributed by atoms with E-state index in [9.17, 15) is 0 Å². The number of nitrogens with zero attached hydrogens (tertiary/aromatic N) is 8. The second-order valence-corrected chi connectivity index (χ2v) is 10.4. The SMILES string of the molecule is [Ti+2].c1ccc(C[N-]Cc2ccccn2)nc1.c1ccc([C@H]2[N-][C@@H](c3ccccn3)[C@H](c3ccccn3)N[C@@H]2c2ccccn2)nc1. The van der Waals surface area contributed by atoms with E-state index in [1.54, 1.807) is 24.8 Å². The molecular formula is C36H33N9Ti. The largest absolute Gasteiger partial charge is 2.00 e. The third kappa shape index (κ3) is 8.81. The molecule has 0 aliphatic carbocycles. The van der Waals surface area contributed by atoms with Crippen LogP contribution in [0.5, 0.6) is 0 Å². The average molecular weight is 640 g/mol. The molecule has 9 nitrogen and oxygen atoms in total. The first-order valence-electron chi connectivity index (χ1n) is 14.9. The van der Waals surface area contributed by atoms with Crippen LogP contribution in [0.1, 0.15) is 58.3 Å². The number of nitrogens with one attached hydrogen (secondary N) is 1. The smallest absolute Gasteiger partial charge is 0.652 e. The zero-order valence-electron chi connectivity index (χ0n) is 25.2. The maximum Gasteiger partial charge on any atom is 2.00 e. The topological polar surface area (TPSA) is 118 Å². The third-order valence-electron chi connectivity index (χ3n) is 7.31. The van der Waals surface area contributed by atoms with Crippen LogP contribution in [0.3, 0.4) is 0 Å². The summed E-state index contributed by atoms with van der Waals surface area (Å²) in [6.07, 6.45) is 10.8. The molecule has 7 rings (SSSR count). The fourth-order valence-electron chi connectivity index (χ4n) is 5.20. The van der Waals surface area contributed by atoms with Crippen LogP contribution in [0.15, 0.2) is 146 Å². The Bertz CT molecular complexity index is 1470. The van der Waals surface area contributed by atoms with Crippen molar-refractivity contribution < 1.29 is 21.7 Å². The Kier molecular flexibility index (Phi) is 12.3. The van der Waals surface area contributed by atoms with E-state index in [-0.39, 0.29) is 45.9 Å². The van der Waals surface area contributed by atoms with Gasteiger partial charge in [-0.15, -0.1) is 13.1 Å². The molecule has 1 N–H and O–H groups in total. The first-order chi connectivity index (χ1) is 22.3. The molecule has 10 heteroatoms. The molecule has 1 aliphatic rings. The van der Waals surface area contributed by atoms with Crippen molar-refractivity contribution in [1.29, 1.82) is 0 Å². The van der Waals surface area contributed by atoms with Gasteiger partial charge in [-0.2, -0.15) is 0 Å². The van der Waals surface area contributed by atoms with Crippen LogP contribution >= 0.6 is 0 Å². The van der Waals surface area contributed by atoms with E-state index in [2.05, 4.69) is 40.5 Å². The van der Waals surface area contributed by atoms with Crippen LogP contribution in [0.2, 0.25) is 0 Å². The monoisotopic (exact) mass is 639 g/mol. The molecule has 1 aliphatic heterocycles. The van der Waals surface area contributed by atoms with Gasteiger partial charge in [-0.05, 0) is 72.8 Å². The minimum atomic E-state index is -0.201. The number of pyridine rings is 6. The zero-order valence-corrected chi connectivity index (χ0v) is 26.7. The summed E-state index contributed by atoms with van der Waals surface area (Å²) in [4.78, 5) is 26.8. The minimum Gasteiger partial charge on any atom is -0.652 e. The Labute approximate surface area is 284 Å². The Morgan fingerprint density at radius 3 is 1.13 bits per heavy atom. The molecule has 4 atom stereocenters. The molecule has 1 saturated heterocycles. The number of hydrogen-bond acceptors (Lipinski definition) is 7. The molecule has 0 radical (unpaired) electrons. The molecule has 0 aromatic carbocycles. The van der Waals surface area contributed by atoms with Crippen molar-refractivity contribution in [2.24, 2.45) is 0 Å². The van der Waals surface area contributed by atoms with Crippen molar-refractivity contribution in [2.45, 2.75) is 37.3 Å². The summed E-state index contributed by atoms with van der Waals surface area (Å²) < 4.78 is 0. The number of piperazine rings is 1. The van der Waals surface area contributed by atoms with Crippen LogP contribution in [-0.2, 0) is 34.8 Å². The van der Waals surface area contributed by atoms with E-state index in [1.165, 1.54) is 0 Å². The standard InChI is InChI=1S/C24H21N6.C12H12N3.Ti/c1-5-13-25-17(9-1)21-22(18-10-2-6-14-26-18)30-24(20-12-4-8-16-28-20)23(29-21)19-11-3-7-15-27-19;1-3-7-14-11(5-1)9-13-10-12-6-2-4-8-15-12;/h1-16,21-24,29H;1-8H,9-10H2;/q2*-1;+2/t21-,22-,23+,24+;;. The van der Waals surface area contributed by atoms with Crippen LogP contribution in [-0.4, -0.2) is 29.9 Å². The fraction of sp³-hybridized carbons (Fsp3) is 0.167. The Hall–Kier alpha value is -4.51. The molecule has 0 unspecified atom stereocenters. The van der Waals surface area contributed by atoms with Crippen LogP contribution in [0.25, 0.3) is 10.6 Å². The predicted molar refractivity (Wildman–Crippen MR) is 174 cm³/mol. The van der Waals surface area contributed by atoms with Crippen molar-refractivity contribution >= 4 is 0 Å². The summed E-state index contributed by atoms with van der Waals surface area (Å²) >= 11 is 0. The van der Waals surface area contributed by atoms with Gasteiger partial charge in [0, 0.05) is 72.0 Å². The second kappa shape index (κ2) is 17.3. The van der Waals surface area contributed by atoms with E-state index in [4.69, 9.17) is 5.32 Å². The van der Waals surface area contributed by atoms with Gasteiger partial charge in [0.15, 0.2) is 0 Å². The van der Waals surface area contributed by atoms with E-state index >= 15 is 0 Å². The molecule has 0 bridgehead atoms. The Morgan fingerprint density at radius 1 is 0.457 bits per heavy atom. The first kappa shape index (κ1) is 32.9. The van der Waals surface area contributed by atoms with Gasteiger partial charge in [-0.1, -0.05) is 48.5 Å². The molecular weight excluding hydrogens is 606 g/mol. The molecule has 7 heterocycles. The van der Waals surface area contributed by atoms with Gasteiger partial charge in [0.05, 0.1) is 11.4 Å². The quantitative estimate of drug-likeness (QED) is 0.177. The van der Waals surface area contributed by atoms with Crippen molar-refractivity contribution in [1.82, 2.24) is 35.2 Å². The summed E-state index contributed by atoms with van der Waals surface area (Å²) in [6.45, 7) is 1.30. The number of aromatic nitrogens is 6. The zero-order chi connectivity index (χ0) is 30.5. The van der Waals surface area contributed by atoms with Crippen molar-refractivity contribution in [3.8, 4) is 0 Å². The normalized spacial score (nSPS) is 18.8. The summed E-state index contributed by atoms with van der Waals surface area (Å²) in [6, 6.07) is 34.8. The van der Waals surface area contributed by atoms with Crippen molar-refractivity contribution in [3.05, 3.63) is 191 Å². The van der Waals surface area contributed by atoms with Gasteiger partial charge in [0.25, 0.3) is 0 Å². The van der Waals surface area contributed by atoms with Crippen LogP contribution in [0, 0.1) is 0 Å². The minimum absolute atomic E-state index is 0. The van der Waals surface area contributed by atoms with Gasteiger partial charge < -0.3 is 16.0 Å². The fourth-order valence-corrected chi connectivity index (χ4v) is 5.20. The summed E-state index contributed by atoms with van der Waals surface area (Å²) in [7, 11) is 0. The van der Waals surface area contributed by atoms with Gasteiger partial charge in [0.1, 0.15) is 0 Å². The Morgan fingerprint density at radius 2 is 0.804 bits per heavy atom. The van der Waals surface area contributed by atoms with Gasteiger partial charge in [0.2, 0.25) is 0 Å². The van der Waals surface area contributed by atoms with Crippen LogP contribution < -0.4 is 5.32 Å². The maximum absolute atomic E-state index is 5.27. The summed E-state index contributed by atoms with van der Waals surface area (Å²) in [5.74, 6) is 0. The number of hydrogen-bond donors (Lipinski definition) is 1. The van der Waals surface area contributed by atoms with Gasteiger partial charge >= 0.3 is 21.7 Å². The van der Waals surface area contributed by atoms with Crippen molar-refractivity contribution in [2.75, 3.05) is 0 Å². The third-order valence-corrected chi connectivity index (χ3v) is 7.31. The molecule has 0 amide bonds. The predicted octanol–water partition coefficient (Wildman–Crippen LogP) is 7.06.